The van der Waals surface area contributed by atoms with Crippen molar-refractivity contribution in [1.82, 2.24) is 9.78 Å². The molecule has 0 spiro atoms. The smallest absolute Gasteiger partial charge is 0.275 e. The normalized spacial score (nSPS) is 11.7. The predicted octanol–water partition coefficient (Wildman–Crippen LogP) is 3.75. The second kappa shape index (κ2) is 6.11. The molecular weight excluding hydrogens is 300 g/mol. The molecule has 3 rings (SSSR count). The van der Waals surface area contributed by atoms with E-state index in [0.717, 1.165) is 22.4 Å². The summed E-state index contributed by atoms with van der Waals surface area (Å²) in [7, 11) is 1.66. The maximum absolute atomic E-state index is 12.7. The number of aromatic nitrogens is 2. The highest BCUT2D eigenvalue weighted by Gasteiger charge is 2.19. The number of ether oxygens (including phenoxy) is 1. The van der Waals surface area contributed by atoms with Crippen LogP contribution in [0.1, 0.15) is 32.0 Å². The Morgan fingerprint density at radius 2 is 1.62 bits per heavy atom. The summed E-state index contributed by atoms with van der Waals surface area (Å²) in [5, 5.41) is 6.31. The number of nitrogens with zero attached hydrogens (tertiary/aromatic N) is 2. The van der Waals surface area contributed by atoms with E-state index in [4.69, 9.17) is 4.74 Å². The van der Waals surface area contributed by atoms with Crippen molar-refractivity contribution in [2.45, 2.75) is 32.7 Å². The fourth-order valence-corrected chi connectivity index (χ4v) is 2.78. The first-order valence-corrected chi connectivity index (χ1v) is 8.04. The largest absolute Gasteiger partial charge is 0.497 e. The highest BCUT2D eigenvalue weighted by atomic mass is 16.5. The fourth-order valence-electron chi connectivity index (χ4n) is 2.78. The van der Waals surface area contributed by atoms with E-state index in [1.807, 2.05) is 69.3 Å². The van der Waals surface area contributed by atoms with Gasteiger partial charge in [-0.1, -0.05) is 30.3 Å². The van der Waals surface area contributed by atoms with Gasteiger partial charge in [0.1, 0.15) is 5.75 Å². The van der Waals surface area contributed by atoms with E-state index in [1.165, 1.54) is 0 Å². The molecule has 0 aliphatic rings. The van der Waals surface area contributed by atoms with E-state index < -0.39 is 0 Å². The van der Waals surface area contributed by atoms with Crippen molar-refractivity contribution in [2.75, 3.05) is 7.11 Å². The third-order valence-corrected chi connectivity index (χ3v) is 4.05. The van der Waals surface area contributed by atoms with Gasteiger partial charge in [0.05, 0.1) is 23.7 Å². The molecule has 1 heterocycles. The summed E-state index contributed by atoms with van der Waals surface area (Å²) in [5.74, 6) is 0.830. The van der Waals surface area contributed by atoms with Crippen LogP contribution >= 0.6 is 0 Å². The molecule has 0 bridgehead atoms. The molecule has 4 heteroatoms. The van der Waals surface area contributed by atoms with Gasteiger partial charge in [0, 0.05) is 11.8 Å². The number of hydrogen-bond donors (Lipinski definition) is 0. The van der Waals surface area contributed by atoms with E-state index in [-0.39, 0.29) is 11.1 Å². The van der Waals surface area contributed by atoms with Crippen molar-refractivity contribution in [3.8, 4) is 5.75 Å². The zero-order valence-electron chi connectivity index (χ0n) is 14.5. The van der Waals surface area contributed by atoms with Crippen LogP contribution in [-0.2, 0) is 12.0 Å². The van der Waals surface area contributed by atoms with Gasteiger partial charge >= 0.3 is 0 Å². The van der Waals surface area contributed by atoms with E-state index in [9.17, 15) is 4.79 Å². The van der Waals surface area contributed by atoms with Gasteiger partial charge in [0.2, 0.25) is 0 Å². The molecule has 3 aromatic rings. The Labute approximate surface area is 141 Å². The van der Waals surface area contributed by atoms with Crippen molar-refractivity contribution in [2.24, 2.45) is 0 Å². The summed E-state index contributed by atoms with van der Waals surface area (Å²) in [6, 6.07) is 15.6. The van der Waals surface area contributed by atoms with Crippen LogP contribution in [0, 0.1) is 0 Å². The summed E-state index contributed by atoms with van der Waals surface area (Å²) in [6.45, 7) is 5.98. The third-order valence-electron chi connectivity index (χ3n) is 4.05. The van der Waals surface area contributed by atoms with E-state index >= 15 is 0 Å². The zero-order valence-corrected chi connectivity index (χ0v) is 14.5. The average molecular weight is 322 g/mol. The number of benzene rings is 2. The second-order valence-corrected chi connectivity index (χ2v) is 6.90. The molecule has 2 aromatic carbocycles. The molecule has 1 aromatic heterocycles. The Hall–Kier alpha value is -2.62. The Morgan fingerprint density at radius 3 is 2.21 bits per heavy atom. The van der Waals surface area contributed by atoms with Crippen LogP contribution in [0.25, 0.3) is 10.8 Å². The lowest BCUT2D eigenvalue weighted by atomic mass is 10.0. The quantitative estimate of drug-likeness (QED) is 0.737. The lowest BCUT2D eigenvalue weighted by molar-refractivity contribution is 0.337. The van der Waals surface area contributed by atoms with Crippen LogP contribution in [-0.4, -0.2) is 16.9 Å². The Morgan fingerprint density at radius 1 is 1.00 bits per heavy atom. The van der Waals surface area contributed by atoms with Gasteiger partial charge in [-0.2, -0.15) is 5.10 Å². The molecule has 0 N–H and O–H groups in total. The molecule has 0 amide bonds. The molecule has 0 aliphatic carbocycles. The molecule has 0 radical (unpaired) electrons. The second-order valence-electron chi connectivity index (χ2n) is 6.90. The van der Waals surface area contributed by atoms with Gasteiger partial charge in [-0.25, -0.2) is 4.68 Å². The Kier molecular flexibility index (Phi) is 4.14. The van der Waals surface area contributed by atoms with Gasteiger partial charge in [0.25, 0.3) is 5.56 Å². The SMILES string of the molecule is COc1ccc(Cc2nn(C(C)(C)C)c(=O)c3ccccc23)cc1. The first-order chi connectivity index (χ1) is 11.4. The van der Waals surface area contributed by atoms with Crippen LogP contribution in [0.2, 0.25) is 0 Å². The molecule has 0 unspecified atom stereocenters. The molecule has 124 valence electrons. The van der Waals surface area contributed by atoms with Gasteiger partial charge in [-0.15, -0.1) is 0 Å². The van der Waals surface area contributed by atoms with Crippen molar-refractivity contribution in [1.29, 1.82) is 0 Å². The molecule has 0 saturated heterocycles. The molecule has 24 heavy (non-hydrogen) atoms. The summed E-state index contributed by atoms with van der Waals surface area (Å²) in [6.07, 6.45) is 0.668. The van der Waals surface area contributed by atoms with Crippen LogP contribution in [0.5, 0.6) is 5.75 Å². The van der Waals surface area contributed by atoms with E-state index in [0.29, 0.717) is 11.8 Å². The maximum atomic E-state index is 12.7. The van der Waals surface area contributed by atoms with Gasteiger partial charge in [0.15, 0.2) is 0 Å². The monoisotopic (exact) mass is 322 g/mol. The minimum atomic E-state index is -0.365. The summed E-state index contributed by atoms with van der Waals surface area (Å²) >= 11 is 0. The highest BCUT2D eigenvalue weighted by molar-refractivity contribution is 5.83. The Balaban J connectivity index is 2.15. The van der Waals surface area contributed by atoms with Crippen molar-refractivity contribution >= 4 is 10.8 Å². The van der Waals surface area contributed by atoms with Crippen LogP contribution in [0.4, 0.5) is 0 Å². The molecule has 0 atom stereocenters. The molecule has 0 saturated carbocycles. The van der Waals surface area contributed by atoms with Crippen LogP contribution in [0.15, 0.2) is 53.3 Å². The van der Waals surface area contributed by atoms with E-state index in [1.54, 1.807) is 11.8 Å². The maximum Gasteiger partial charge on any atom is 0.275 e. The predicted molar refractivity (Wildman–Crippen MR) is 96.8 cm³/mol. The fraction of sp³-hybridized carbons (Fsp3) is 0.300. The summed E-state index contributed by atoms with van der Waals surface area (Å²) in [5.41, 5.74) is 1.63. The minimum absolute atomic E-state index is 0.0448. The number of hydrogen-bond acceptors (Lipinski definition) is 3. The molecule has 0 aliphatic heterocycles. The van der Waals surface area contributed by atoms with Crippen LogP contribution < -0.4 is 10.3 Å². The zero-order chi connectivity index (χ0) is 17.3. The average Bonchev–Trinajstić information content (AvgIpc) is 2.57. The topological polar surface area (TPSA) is 44.1 Å². The standard InChI is InChI=1S/C20H22N2O2/c1-20(2,3)22-19(23)17-8-6-5-7-16(17)18(21-22)13-14-9-11-15(24-4)12-10-14/h5-12H,13H2,1-4H3. The lowest BCUT2D eigenvalue weighted by Gasteiger charge is -2.22. The summed E-state index contributed by atoms with van der Waals surface area (Å²) in [4.78, 5) is 12.7. The number of fused-ring (bicyclic) bond motifs is 1. The first-order valence-electron chi connectivity index (χ1n) is 8.04. The Bertz CT molecular complexity index is 919. The summed E-state index contributed by atoms with van der Waals surface area (Å²) < 4.78 is 6.80. The van der Waals surface area contributed by atoms with Crippen molar-refractivity contribution in [3.63, 3.8) is 0 Å². The number of rotatable bonds is 3. The van der Waals surface area contributed by atoms with Crippen molar-refractivity contribution < 1.29 is 4.74 Å². The van der Waals surface area contributed by atoms with Gasteiger partial charge in [-0.05, 0) is 44.5 Å². The number of methoxy groups -OCH3 is 1. The molecule has 0 fully saturated rings. The highest BCUT2D eigenvalue weighted by Crippen LogP contribution is 2.21. The van der Waals surface area contributed by atoms with Gasteiger partial charge < -0.3 is 4.74 Å². The van der Waals surface area contributed by atoms with Crippen molar-refractivity contribution in [3.05, 3.63) is 70.1 Å². The minimum Gasteiger partial charge on any atom is -0.497 e. The third kappa shape index (κ3) is 3.04. The lowest BCUT2D eigenvalue weighted by Crippen LogP contribution is -2.36. The van der Waals surface area contributed by atoms with Crippen LogP contribution in [0.3, 0.4) is 0 Å². The molecule has 4 nitrogen and oxygen atoms in total. The van der Waals surface area contributed by atoms with Gasteiger partial charge in [-0.3, -0.25) is 4.79 Å². The van der Waals surface area contributed by atoms with E-state index in [2.05, 4.69) is 5.10 Å². The molecular formula is C20H22N2O2. The first kappa shape index (κ1) is 16.2.